The van der Waals surface area contributed by atoms with E-state index in [0.717, 1.165) is 0 Å². The third-order valence-corrected chi connectivity index (χ3v) is 5.17. The molecule has 3 heterocycles. The number of carbonyl (C=O) groups is 1. The quantitative estimate of drug-likeness (QED) is 0.381. The minimum Gasteiger partial charge on any atom is -0.394 e. The Hall–Kier alpha value is -3.62. The molecule has 4 N–H and O–H groups in total. The number of nitriles is 1. The Bertz CT molecular complexity index is 1180. The number of hydrogen-bond donors (Lipinski definition) is 4. The highest BCUT2D eigenvalue weighted by molar-refractivity contribution is 5.99. The van der Waals surface area contributed by atoms with E-state index in [9.17, 15) is 19.4 Å². The lowest BCUT2D eigenvalue weighted by Gasteiger charge is -2.23. The van der Waals surface area contributed by atoms with Gasteiger partial charge in [-0.25, -0.2) is 14.4 Å². The molecule has 0 radical (unpaired) electrons. The number of carbonyl (C=O) groups excluding carboxylic acids is 1. The molecular weight excluding hydrogens is 429 g/mol. The van der Waals surface area contributed by atoms with Crippen LogP contribution in [0, 0.1) is 11.3 Å². The fourth-order valence-corrected chi connectivity index (χ4v) is 3.03. The third kappa shape index (κ3) is 5.42. The molecule has 0 spiro atoms. The van der Waals surface area contributed by atoms with Gasteiger partial charge in [0.15, 0.2) is 11.5 Å². The van der Waals surface area contributed by atoms with Gasteiger partial charge in [-0.1, -0.05) is 6.92 Å². The molecule has 0 unspecified atom stereocenters. The molecule has 0 aliphatic heterocycles. The topological polar surface area (TPSA) is 149 Å². The highest BCUT2D eigenvalue weighted by Crippen LogP contribution is 2.23. The van der Waals surface area contributed by atoms with Crippen LogP contribution in [-0.2, 0) is 0 Å². The molecule has 0 bridgehead atoms. The van der Waals surface area contributed by atoms with Gasteiger partial charge in [0.25, 0.3) is 5.91 Å². The second-order valence-electron chi connectivity index (χ2n) is 8.16. The zero-order valence-corrected chi connectivity index (χ0v) is 18.6. The summed E-state index contributed by atoms with van der Waals surface area (Å²) in [5.74, 6) is -0.229. The van der Waals surface area contributed by atoms with Crippen LogP contribution < -0.4 is 10.6 Å². The van der Waals surface area contributed by atoms with Crippen molar-refractivity contribution in [2.75, 3.05) is 18.5 Å². The molecule has 1 amide bonds. The van der Waals surface area contributed by atoms with Crippen molar-refractivity contribution in [1.82, 2.24) is 25.1 Å². The van der Waals surface area contributed by atoms with E-state index < -0.39 is 17.7 Å². The van der Waals surface area contributed by atoms with E-state index in [4.69, 9.17) is 5.26 Å². The smallest absolute Gasteiger partial charge is 0.255 e. The van der Waals surface area contributed by atoms with Crippen LogP contribution in [0.4, 0.5) is 10.1 Å². The van der Waals surface area contributed by atoms with E-state index in [1.807, 2.05) is 13.0 Å². The normalized spacial score (nSPS) is 13.4. The molecule has 0 saturated carbocycles. The van der Waals surface area contributed by atoms with Crippen LogP contribution in [0.25, 0.3) is 16.9 Å². The van der Waals surface area contributed by atoms with Gasteiger partial charge in [-0.2, -0.15) is 15.0 Å². The van der Waals surface area contributed by atoms with Crippen LogP contribution in [0.1, 0.15) is 43.1 Å². The Morgan fingerprint density at radius 2 is 2.06 bits per heavy atom. The summed E-state index contributed by atoms with van der Waals surface area (Å²) in [7, 11) is 0. The van der Waals surface area contributed by atoms with Crippen LogP contribution in [0.5, 0.6) is 0 Å². The predicted molar refractivity (Wildman–Crippen MR) is 120 cm³/mol. The largest absolute Gasteiger partial charge is 0.394 e. The molecule has 0 aliphatic rings. The average molecular weight is 455 g/mol. The van der Waals surface area contributed by atoms with Gasteiger partial charge in [-0.3, -0.25) is 4.79 Å². The SMILES string of the molecule is CC[C@@H](CO)Nc1cc(-n2ncc3cc(C#N)cnc32)ncc1C(=O)NC[C@@H](F)C(C)(C)O. The first-order valence-corrected chi connectivity index (χ1v) is 10.4. The number of halogens is 1. The first kappa shape index (κ1) is 24.0. The number of anilines is 1. The molecule has 0 saturated heterocycles. The van der Waals surface area contributed by atoms with Gasteiger partial charge in [0.1, 0.15) is 12.2 Å². The Labute approximate surface area is 190 Å². The number of alkyl halides is 1. The Kier molecular flexibility index (Phi) is 7.20. The molecule has 0 fully saturated rings. The summed E-state index contributed by atoms with van der Waals surface area (Å²) < 4.78 is 15.6. The lowest BCUT2D eigenvalue weighted by molar-refractivity contribution is -0.00177. The monoisotopic (exact) mass is 455 g/mol. The van der Waals surface area contributed by atoms with Crippen LogP contribution >= 0.6 is 0 Å². The standard InChI is InChI=1S/C22H26FN7O3/c1-4-15(12-31)29-17-6-19(30-20-14(9-28-30)5-13(7-24)8-26-20)25-10-16(17)21(32)27-11-18(23)22(2,3)33/h5-6,8-10,15,18,31,33H,4,11-12H2,1-3H3,(H,25,29)(H,27,32)/t15-,18+/m0/s1. The molecule has 11 heteroatoms. The highest BCUT2D eigenvalue weighted by atomic mass is 19.1. The molecule has 0 aromatic carbocycles. The van der Waals surface area contributed by atoms with Gasteiger partial charge in [-0.15, -0.1) is 0 Å². The second-order valence-corrected chi connectivity index (χ2v) is 8.16. The summed E-state index contributed by atoms with van der Waals surface area (Å²) in [6.07, 6.45) is 3.23. The number of rotatable bonds is 9. The van der Waals surface area contributed by atoms with E-state index in [0.29, 0.717) is 34.5 Å². The van der Waals surface area contributed by atoms with E-state index >= 15 is 0 Å². The molecular formula is C22H26FN7O3. The van der Waals surface area contributed by atoms with Crippen molar-refractivity contribution < 1.29 is 19.4 Å². The Balaban J connectivity index is 1.97. The molecule has 0 aliphatic carbocycles. The van der Waals surface area contributed by atoms with Crippen LogP contribution in [0.15, 0.2) is 30.7 Å². The van der Waals surface area contributed by atoms with Crippen molar-refractivity contribution in [1.29, 1.82) is 5.26 Å². The van der Waals surface area contributed by atoms with Crippen LogP contribution in [-0.4, -0.2) is 66.8 Å². The Morgan fingerprint density at radius 3 is 2.70 bits per heavy atom. The number of nitrogens with zero attached hydrogens (tertiary/aromatic N) is 5. The number of nitrogens with one attached hydrogen (secondary N) is 2. The number of aliphatic hydroxyl groups is 2. The summed E-state index contributed by atoms with van der Waals surface area (Å²) in [5, 5.41) is 39.0. The highest BCUT2D eigenvalue weighted by Gasteiger charge is 2.27. The summed E-state index contributed by atoms with van der Waals surface area (Å²) in [6.45, 7) is 3.98. The first-order chi connectivity index (χ1) is 15.7. The summed E-state index contributed by atoms with van der Waals surface area (Å²) in [6, 6.07) is 4.93. The van der Waals surface area contributed by atoms with E-state index in [1.165, 1.54) is 30.9 Å². The van der Waals surface area contributed by atoms with Gasteiger partial charge in [-0.05, 0) is 26.3 Å². The number of pyridine rings is 2. The minimum atomic E-state index is -1.66. The van der Waals surface area contributed by atoms with Crippen molar-refractivity contribution in [2.45, 2.75) is 45.0 Å². The number of hydrogen-bond acceptors (Lipinski definition) is 8. The van der Waals surface area contributed by atoms with Crippen LogP contribution in [0.2, 0.25) is 0 Å². The molecule has 3 aromatic rings. The maximum Gasteiger partial charge on any atom is 0.255 e. The molecule has 3 rings (SSSR count). The van der Waals surface area contributed by atoms with Crippen molar-refractivity contribution in [3.05, 3.63) is 41.9 Å². The van der Waals surface area contributed by atoms with Gasteiger partial charge in [0.05, 0.1) is 41.8 Å². The lowest BCUT2D eigenvalue weighted by Crippen LogP contribution is -2.42. The summed E-state index contributed by atoms with van der Waals surface area (Å²) in [5.41, 5.74) is -0.209. The molecule has 3 aromatic heterocycles. The van der Waals surface area contributed by atoms with Gasteiger partial charge < -0.3 is 20.8 Å². The minimum absolute atomic E-state index is 0.143. The lowest BCUT2D eigenvalue weighted by atomic mass is 10.0. The maximum absolute atomic E-state index is 14.1. The number of aliphatic hydroxyl groups excluding tert-OH is 1. The zero-order valence-electron chi connectivity index (χ0n) is 18.6. The summed E-state index contributed by atoms with van der Waals surface area (Å²) >= 11 is 0. The van der Waals surface area contributed by atoms with Crippen molar-refractivity contribution in [2.24, 2.45) is 0 Å². The molecule has 33 heavy (non-hydrogen) atoms. The third-order valence-electron chi connectivity index (χ3n) is 5.17. The fourth-order valence-electron chi connectivity index (χ4n) is 3.03. The number of aromatic nitrogens is 4. The average Bonchev–Trinajstić information content (AvgIpc) is 3.23. The van der Waals surface area contributed by atoms with Gasteiger partial charge >= 0.3 is 0 Å². The maximum atomic E-state index is 14.1. The van der Waals surface area contributed by atoms with E-state index in [-0.39, 0.29) is 24.8 Å². The second kappa shape index (κ2) is 9.89. The van der Waals surface area contributed by atoms with Crippen LogP contribution in [0.3, 0.4) is 0 Å². The molecule has 174 valence electrons. The van der Waals surface area contributed by atoms with E-state index in [1.54, 1.807) is 18.3 Å². The Morgan fingerprint density at radius 1 is 1.30 bits per heavy atom. The zero-order chi connectivity index (χ0) is 24.2. The van der Waals surface area contributed by atoms with Crippen molar-refractivity contribution in [3.8, 4) is 11.9 Å². The molecule has 2 atom stereocenters. The molecule has 10 nitrogen and oxygen atoms in total. The van der Waals surface area contributed by atoms with Crippen molar-refractivity contribution in [3.63, 3.8) is 0 Å². The summed E-state index contributed by atoms with van der Waals surface area (Å²) in [4.78, 5) is 21.4. The predicted octanol–water partition coefficient (Wildman–Crippen LogP) is 1.71. The van der Waals surface area contributed by atoms with E-state index in [2.05, 4.69) is 25.7 Å². The van der Waals surface area contributed by atoms with Gasteiger partial charge in [0, 0.05) is 29.9 Å². The first-order valence-electron chi connectivity index (χ1n) is 10.4. The number of amides is 1. The fraction of sp³-hybridized carbons (Fsp3) is 0.409. The van der Waals surface area contributed by atoms with Crippen molar-refractivity contribution >= 4 is 22.6 Å². The van der Waals surface area contributed by atoms with Gasteiger partial charge in [0.2, 0.25) is 0 Å². The number of fused-ring (bicyclic) bond motifs is 1.